The molecular formula is C41H74O14P2. The predicted molar refractivity (Wildman–Crippen MR) is 220 cm³/mol. The highest BCUT2D eigenvalue weighted by atomic mass is 31.2. The molecule has 0 aliphatic carbocycles. The van der Waals surface area contributed by atoms with Crippen LogP contribution < -0.4 is 0 Å². The van der Waals surface area contributed by atoms with E-state index in [2.05, 4.69) is 54.1 Å². The summed E-state index contributed by atoms with van der Waals surface area (Å²) in [7, 11) is -9.69. The minimum absolute atomic E-state index is 0.0477. The van der Waals surface area contributed by atoms with Crippen LogP contribution in [0.1, 0.15) is 156 Å². The molecule has 1 fully saturated rings. The molecule has 1 rings (SSSR count). The zero-order valence-electron chi connectivity index (χ0n) is 34.8. The van der Waals surface area contributed by atoms with Gasteiger partial charge in [-0.2, -0.15) is 0 Å². The Morgan fingerprint density at radius 3 is 1.89 bits per heavy atom. The molecule has 0 bridgehead atoms. The number of aliphatic hydroxyl groups excluding tert-OH is 1. The maximum Gasteiger partial charge on any atom is 0.472 e. The fourth-order valence-corrected chi connectivity index (χ4v) is 6.87. The van der Waals surface area contributed by atoms with Crippen LogP contribution in [0, 0.1) is 5.92 Å². The van der Waals surface area contributed by atoms with Crippen molar-refractivity contribution < 1.29 is 66.3 Å². The number of hydrogen-bond donors (Lipinski definition) is 4. The molecular weight excluding hydrogens is 778 g/mol. The second kappa shape index (κ2) is 33.1. The van der Waals surface area contributed by atoms with Gasteiger partial charge in [-0.25, -0.2) is 9.13 Å². The monoisotopic (exact) mass is 852 g/mol. The van der Waals surface area contributed by atoms with E-state index in [9.17, 15) is 28.7 Å². The molecule has 0 radical (unpaired) electrons. The van der Waals surface area contributed by atoms with E-state index in [-0.39, 0.29) is 25.0 Å². The standard InChI is InChI=1S/C41H74O14P2/c1-4-6-7-8-9-10-14-17-22-27-38-39(55-38)28-23-19-20-25-30-41(44)54-37(34-53-57(48,49)52-32-36(42)31-51-56(45,46)47)33-50-40(43)29-24-18-15-12-11-13-16-21-26-35(3)5-2/h9-10,17,19,22-23,35-39,42H,4-8,11-16,18,20-21,24-34H2,1-3H3,(H,48,49)(H2,45,46,47)/b10-9-,22-17-,23-19-/t35?,36-,37+,38?,39?/m0/s1. The summed E-state index contributed by atoms with van der Waals surface area (Å²) in [5.41, 5.74) is 0. The van der Waals surface area contributed by atoms with Gasteiger partial charge in [0.05, 0.1) is 32.0 Å². The molecule has 6 atom stereocenters. The molecule has 1 aliphatic rings. The summed E-state index contributed by atoms with van der Waals surface area (Å²) >= 11 is 0. The quantitative estimate of drug-likeness (QED) is 0.0150. The first-order valence-corrected chi connectivity index (χ1v) is 24.2. The number of phosphoric acid groups is 2. The molecule has 1 aliphatic heterocycles. The van der Waals surface area contributed by atoms with Gasteiger partial charge < -0.3 is 34.0 Å². The summed E-state index contributed by atoms with van der Waals surface area (Å²) in [6.45, 7) is 3.94. The lowest BCUT2D eigenvalue weighted by atomic mass is 9.99. The van der Waals surface area contributed by atoms with Crippen LogP contribution >= 0.6 is 15.6 Å². The molecule has 0 spiro atoms. The fraction of sp³-hybridized carbons (Fsp3) is 0.805. The molecule has 0 aromatic heterocycles. The third-order valence-corrected chi connectivity index (χ3v) is 10.9. The normalized spacial score (nSPS) is 18.6. The van der Waals surface area contributed by atoms with Crippen molar-refractivity contribution in [1.29, 1.82) is 0 Å². The summed E-state index contributed by atoms with van der Waals surface area (Å²) in [4.78, 5) is 52.7. The van der Waals surface area contributed by atoms with E-state index < -0.39 is 66.2 Å². The first-order valence-electron chi connectivity index (χ1n) is 21.2. The number of allylic oxidation sites excluding steroid dienone is 4. The van der Waals surface area contributed by atoms with Gasteiger partial charge in [0.1, 0.15) is 12.7 Å². The van der Waals surface area contributed by atoms with Crippen LogP contribution in [0.2, 0.25) is 0 Å². The second-order valence-corrected chi connectivity index (χ2v) is 17.6. The third kappa shape index (κ3) is 33.8. The minimum Gasteiger partial charge on any atom is -0.462 e. The highest BCUT2D eigenvalue weighted by molar-refractivity contribution is 7.47. The van der Waals surface area contributed by atoms with Crippen molar-refractivity contribution in [3.05, 3.63) is 36.5 Å². The Labute approximate surface area is 342 Å². The zero-order chi connectivity index (χ0) is 42.2. The van der Waals surface area contributed by atoms with E-state index in [0.717, 1.165) is 50.9 Å². The first-order chi connectivity index (χ1) is 27.2. The molecule has 1 saturated heterocycles. The SMILES string of the molecule is CCCCC/C=C\C/C=C\CC1OC1C/C=C\CCCC(=O)O[C@H](COC(=O)CCCCCCCCCCC(C)CC)COP(=O)(O)OC[C@@H](O)COP(=O)(O)O. The van der Waals surface area contributed by atoms with Gasteiger partial charge in [-0.05, 0) is 57.3 Å². The number of unbranched alkanes of at least 4 members (excludes halogenated alkanes) is 11. The minimum atomic E-state index is -4.87. The van der Waals surface area contributed by atoms with Crippen molar-refractivity contribution >= 4 is 27.6 Å². The van der Waals surface area contributed by atoms with Crippen molar-refractivity contribution in [3.8, 4) is 0 Å². The Morgan fingerprint density at radius 2 is 1.23 bits per heavy atom. The van der Waals surface area contributed by atoms with Gasteiger partial charge in [-0.1, -0.05) is 128 Å². The second-order valence-electron chi connectivity index (χ2n) is 14.9. The number of hydrogen-bond acceptors (Lipinski definition) is 11. The van der Waals surface area contributed by atoms with E-state index in [1.54, 1.807) is 0 Å². The Morgan fingerprint density at radius 1 is 0.667 bits per heavy atom. The van der Waals surface area contributed by atoms with Gasteiger partial charge in [-0.3, -0.25) is 23.2 Å². The van der Waals surface area contributed by atoms with Crippen molar-refractivity contribution in [1.82, 2.24) is 0 Å². The van der Waals surface area contributed by atoms with Crippen molar-refractivity contribution in [3.63, 3.8) is 0 Å². The average molecular weight is 853 g/mol. The molecule has 0 amide bonds. The highest BCUT2D eigenvalue weighted by Gasteiger charge is 2.36. The van der Waals surface area contributed by atoms with E-state index in [1.807, 2.05) is 12.2 Å². The summed E-state index contributed by atoms with van der Waals surface area (Å²) in [5.74, 6) is -0.316. The molecule has 0 aromatic carbocycles. The number of esters is 2. The molecule has 1 heterocycles. The third-order valence-electron chi connectivity index (χ3n) is 9.46. The molecule has 0 aromatic rings. The Hall–Kier alpha value is -1.70. The van der Waals surface area contributed by atoms with Crippen LogP contribution in [0.15, 0.2) is 36.5 Å². The van der Waals surface area contributed by atoms with Crippen molar-refractivity contribution in [2.24, 2.45) is 5.92 Å². The van der Waals surface area contributed by atoms with Crippen LogP contribution in [0.25, 0.3) is 0 Å². The largest absolute Gasteiger partial charge is 0.472 e. The lowest BCUT2D eigenvalue weighted by Crippen LogP contribution is -2.29. The summed E-state index contributed by atoms with van der Waals surface area (Å²) < 4.78 is 53.4. The molecule has 16 heteroatoms. The Balaban J connectivity index is 2.43. The number of carbonyl (C=O) groups is 2. The van der Waals surface area contributed by atoms with E-state index in [4.69, 9.17) is 28.5 Å². The van der Waals surface area contributed by atoms with E-state index >= 15 is 0 Å². The summed E-state index contributed by atoms with van der Waals surface area (Å²) in [5, 5.41) is 9.74. The van der Waals surface area contributed by atoms with Crippen LogP contribution in [0.3, 0.4) is 0 Å². The Kier molecular flexibility index (Phi) is 30.9. The smallest absolute Gasteiger partial charge is 0.462 e. The zero-order valence-corrected chi connectivity index (χ0v) is 36.6. The molecule has 14 nitrogen and oxygen atoms in total. The topological polar surface area (TPSA) is 208 Å². The van der Waals surface area contributed by atoms with Gasteiger partial charge in [-0.15, -0.1) is 0 Å². The van der Waals surface area contributed by atoms with Crippen LogP contribution in [0.4, 0.5) is 0 Å². The number of phosphoric ester groups is 2. The molecule has 332 valence electrons. The van der Waals surface area contributed by atoms with E-state index in [1.165, 1.54) is 57.8 Å². The van der Waals surface area contributed by atoms with Gasteiger partial charge in [0.15, 0.2) is 6.10 Å². The average Bonchev–Trinajstić information content (AvgIpc) is 3.92. The van der Waals surface area contributed by atoms with Crippen molar-refractivity contribution in [2.45, 2.75) is 180 Å². The number of ether oxygens (including phenoxy) is 3. The number of epoxide rings is 1. The first kappa shape index (κ1) is 53.3. The molecule has 4 N–H and O–H groups in total. The van der Waals surface area contributed by atoms with Gasteiger partial charge >= 0.3 is 27.6 Å². The molecule has 4 unspecified atom stereocenters. The number of aliphatic hydroxyl groups is 1. The van der Waals surface area contributed by atoms with Gasteiger partial charge in [0.25, 0.3) is 0 Å². The summed E-state index contributed by atoms with van der Waals surface area (Å²) in [6.07, 6.45) is 30.4. The van der Waals surface area contributed by atoms with Crippen molar-refractivity contribution in [2.75, 3.05) is 26.4 Å². The lowest BCUT2D eigenvalue weighted by molar-refractivity contribution is -0.161. The Bertz CT molecular complexity index is 1240. The van der Waals surface area contributed by atoms with Crippen LogP contribution in [-0.2, 0) is 46.5 Å². The lowest BCUT2D eigenvalue weighted by Gasteiger charge is -2.20. The molecule has 57 heavy (non-hydrogen) atoms. The van der Waals surface area contributed by atoms with E-state index in [0.29, 0.717) is 19.3 Å². The summed E-state index contributed by atoms with van der Waals surface area (Å²) in [6, 6.07) is 0. The maximum atomic E-state index is 12.7. The highest BCUT2D eigenvalue weighted by Crippen LogP contribution is 2.44. The maximum absolute atomic E-state index is 12.7. The van der Waals surface area contributed by atoms with Gasteiger partial charge in [0.2, 0.25) is 0 Å². The van der Waals surface area contributed by atoms with Crippen LogP contribution in [0.5, 0.6) is 0 Å². The van der Waals surface area contributed by atoms with Crippen LogP contribution in [-0.4, -0.2) is 82.6 Å². The predicted octanol–water partition coefficient (Wildman–Crippen LogP) is 9.35. The number of carbonyl (C=O) groups excluding carboxylic acids is 2. The fourth-order valence-electron chi connectivity index (χ4n) is 5.71. The number of rotatable bonds is 38. The molecule has 0 saturated carbocycles. The van der Waals surface area contributed by atoms with Gasteiger partial charge in [0, 0.05) is 12.8 Å².